The Labute approximate surface area is 345 Å². The third-order valence-electron chi connectivity index (χ3n) is 7.88. The Morgan fingerprint density at radius 2 is 1.36 bits per heavy atom. The van der Waals surface area contributed by atoms with E-state index in [1.807, 2.05) is 0 Å². The molecule has 0 atom stereocenters. The summed E-state index contributed by atoms with van der Waals surface area (Å²) < 4.78 is 96.9. The second-order valence-electron chi connectivity index (χ2n) is 11.3. The van der Waals surface area contributed by atoms with Gasteiger partial charge in [0.25, 0.3) is 10.1 Å². The van der Waals surface area contributed by atoms with Crippen LogP contribution in [0.5, 0.6) is 0 Å². The number of ketones is 2. The fraction of sp³-hybridized carbons (Fsp3) is 0.0312. The van der Waals surface area contributed by atoms with Gasteiger partial charge in [0, 0.05) is 33.4 Å². The molecule has 1 aromatic heterocycles. The van der Waals surface area contributed by atoms with Crippen LogP contribution < -0.4 is 51.2 Å². The molecule has 0 saturated carbocycles. The minimum Gasteiger partial charge on any atom is -0.744 e. The Balaban J connectivity index is 0.00000580. The number of carbonyl (C=O) groups is 2. The van der Waals surface area contributed by atoms with Crippen LogP contribution in [0.2, 0.25) is 5.28 Å². The Bertz CT molecular complexity index is 2830. The number of aryl methyl sites for hydroxylation is 1. The number of hydrogen-bond acceptors (Lipinski definition) is 16. The average Bonchev–Trinajstić information content (AvgIpc) is 3.08. The van der Waals surface area contributed by atoms with Gasteiger partial charge in [-0.3, -0.25) is 14.1 Å². The van der Waals surface area contributed by atoms with Crippen molar-refractivity contribution in [3.63, 3.8) is 0 Å². The first-order valence-electron chi connectivity index (χ1n) is 14.9. The molecular weight excluding hydrogens is 832 g/mol. The summed E-state index contributed by atoms with van der Waals surface area (Å²) in [7, 11) is -14.3. The number of benzene rings is 4. The van der Waals surface area contributed by atoms with Crippen LogP contribution in [0.15, 0.2) is 92.4 Å². The minimum absolute atomic E-state index is 0. The van der Waals surface area contributed by atoms with Crippen molar-refractivity contribution >= 4 is 105 Å². The van der Waals surface area contributed by atoms with Crippen molar-refractivity contribution in [3.05, 3.63) is 111 Å². The van der Waals surface area contributed by atoms with Crippen LogP contribution in [0.3, 0.4) is 0 Å². The number of nitrogens with two attached hydrogens (primary N) is 1. The molecular formula is C32H22Cl2N7NaO10S3. The molecule has 0 radical (unpaired) electrons. The maximum Gasteiger partial charge on any atom is 1.00 e. The fourth-order valence-electron chi connectivity index (χ4n) is 5.43. The van der Waals surface area contributed by atoms with E-state index in [1.165, 1.54) is 48.5 Å². The number of halogens is 2. The van der Waals surface area contributed by atoms with Crippen LogP contribution in [0.25, 0.3) is 0 Å². The van der Waals surface area contributed by atoms with Crippen molar-refractivity contribution in [2.75, 3.05) is 21.7 Å². The first kappa shape index (κ1) is 41.7. The molecule has 278 valence electrons. The van der Waals surface area contributed by atoms with Crippen molar-refractivity contribution < 1.29 is 73.5 Å². The van der Waals surface area contributed by atoms with Crippen LogP contribution in [0, 0.1) is 6.92 Å². The second-order valence-corrected chi connectivity index (χ2v) is 16.5. The van der Waals surface area contributed by atoms with Gasteiger partial charge in [0.05, 0.1) is 38.0 Å². The number of nitrogens with one attached hydrogen (secondary N) is 3. The molecule has 4 aromatic carbocycles. The van der Waals surface area contributed by atoms with E-state index < -0.39 is 62.7 Å². The molecule has 1 aliphatic carbocycles. The first-order chi connectivity index (χ1) is 25.3. The Morgan fingerprint density at radius 3 is 1.95 bits per heavy atom. The number of hydrogen-bond donors (Lipinski definition) is 5. The van der Waals surface area contributed by atoms with Gasteiger partial charge in [-0.2, -0.15) is 23.4 Å². The zero-order valence-electron chi connectivity index (χ0n) is 28.0. The molecule has 6 rings (SSSR count). The summed E-state index contributed by atoms with van der Waals surface area (Å²) in [6, 6.07) is 13.9. The number of nitrogen functional groups attached to an aromatic ring is 1. The molecule has 0 amide bonds. The van der Waals surface area contributed by atoms with Gasteiger partial charge in [-0.15, -0.1) is 0 Å². The normalized spacial score (nSPS) is 12.8. The Hall–Kier alpha value is -4.48. The third kappa shape index (κ3) is 8.53. The SMILES string of the molecule is Cc1ccc(S(=O)(=O)/C=C/Cl)cc1Nc1nc(Cl)nc(Nc2ccc(Nc3cc(S(=O)(=O)[O-])c(N)c4c3C(=O)c3ccccc3C4=O)cc2S(=O)(=O)O)n1.[Na+]. The van der Waals surface area contributed by atoms with Crippen LogP contribution in [-0.2, 0) is 30.1 Å². The molecule has 1 aliphatic rings. The van der Waals surface area contributed by atoms with Crippen molar-refractivity contribution in [1.29, 1.82) is 0 Å². The molecule has 17 nitrogen and oxygen atoms in total. The summed E-state index contributed by atoms with van der Waals surface area (Å²) in [5.41, 5.74) is 5.02. The van der Waals surface area contributed by atoms with Crippen molar-refractivity contribution in [2.24, 2.45) is 0 Å². The molecule has 23 heteroatoms. The van der Waals surface area contributed by atoms with Gasteiger partial charge in [0.15, 0.2) is 11.6 Å². The van der Waals surface area contributed by atoms with Gasteiger partial charge >= 0.3 is 29.6 Å². The van der Waals surface area contributed by atoms with Crippen LogP contribution in [-0.4, -0.2) is 60.9 Å². The molecule has 6 N–H and O–H groups in total. The molecule has 0 spiro atoms. The van der Waals surface area contributed by atoms with Crippen molar-refractivity contribution in [1.82, 2.24) is 15.0 Å². The number of fused-ring (bicyclic) bond motifs is 2. The van der Waals surface area contributed by atoms with Gasteiger partial charge in [-0.1, -0.05) is 41.9 Å². The molecule has 0 bridgehead atoms. The van der Waals surface area contributed by atoms with Gasteiger partial charge < -0.3 is 26.2 Å². The largest absolute Gasteiger partial charge is 1.00 e. The molecule has 0 aliphatic heterocycles. The van der Waals surface area contributed by atoms with E-state index in [1.54, 1.807) is 6.92 Å². The van der Waals surface area contributed by atoms with E-state index in [9.17, 15) is 43.9 Å². The summed E-state index contributed by atoms with van der Waals surface area (Å²) in [4.78, 5) is 37.3. The van der Waals surface area contributed by atoms with E-state index in [2.05, 4.69) is 30.9 Å². The van der Waals surface area contributed by atoms with E-state index >= 15 is 0 Å². The topological polar surface area (TPSA) is 281 Å². The number of nitrogens with zero attached hydrogens (tertiary/aromatic N) is 3. The predicted octanol–water partition coefficient (Wildman–Crippen LogP) is 2.06. The fourth-order valence-corrected chi connectivity index (χ4v) is 8.14. The van der Waals surface area contributed by atoms with Gasteiger partial charge in [-0.25, -0.2) is 16.8 Å². The van der Waals surface area contributed by atoms with E-state index in [4.69, 9.17) is 28.9 Å². The van der Waals surface area contributed by atoms with E-state index in [0.717, 1.165) is 29.1 Å². The van der Waals surface area contributed by atoms with Crippen molar-refractivity contribution in [2.45, 2.75) is 21.6 Å². The smallest absolute Gasteiger partial charge is 0.744 e. The summed E-state index contributed by atoms with van der Waals surface area (Å²) in [5.74, 6) is -2.11. The van der Waals surface area contributed by atoms with Gasteiger partial charge in [0.2, 0.25) is 27.0 Å². The van der Waals surface area contributed by atoms with Crippen LogP contribution >= 0.6 is 23.2 Å². The zero-order valence-corrected chi connectivity index (χ0v) is 34.0. The number of sulfone groups is 1. The summed E-state index contributed by atoms with van der Waals surface area (Å²) in [6.45, 7) is 1.67. The number of anilines is 7. The monoisotopic (exact) mass is 853 g/mol. The molecule has 5 aromatic rings. The Morgan fingerprint density at radius 1 is 0.764 bits per heavy atom. The molecule has 1 heterocycles. The Kier molecular flexibility index (Phi) is 11.8. The maximum absolute atomic E-state index is 13.6. The predicted molar refractivity (Wildman–Crippen MR) is 196 cm³/mol. The zero-order chi connectivity index (χ0) is 39.3. The van der Waals surface area contributed by atoms with Crippen LogP contribution in [0.1, 0.15) is 37.4 Å². The third-order valence-corrected chi connectivity index (χ3v) is 11.5. The molecule has 55 heavy (non-hydrogen) atoms. The summed E-state index contributed by atoms with van der Waals surface area (Å²) >= 11 is 11.6. The molecule has 0 unspecified atom stereocenters. The van der Waals surface area contributed by atoms with Crippen molar-refractivity contribution in [3.8, 4) is 0 Å². The quantitative estimate of drug-likeness (QED) is 0.0749. The van der Waals surface area contributed by atoms with E-state index in [-0.39, 0.29) is 91.1 Å². The molecule has 0 saturated heterocycles. The number of carbonyl (C=O) groups excluding carboxylic acids is 2. The van der Waals surface area contributed by atoms with Gasteiger partial charge in [-0.05, 0) is 60.5 Å². The summed E-state index contributed by atoms with van der Waals surface area (Å²) in [6.07, 6.45) is 0. The molecule has 0 fully saturated rings. The first-order valence-corrected chi connectivity index (χ1v) is 20.1. The number of aromatic nitrogens is 3. The van der Waals surface area contributed by atoms with E-state index in [0.29, 0.717) is 5.56 Å². The second kappa shape index (κ2) is 15.6. The minimum atomic E-state index is -5.31. The number of rotatable bonds is 10. The average molecular weight is 855 g/mol. The van der Waals surface area contributed by atoms with Gasteiger partial charge in [0.1, 0.15) is 15.0 Å². The summed E-state index contributed by atoms with van der Waals surface area (Å²) in [5, 5.41) is 8.51. The van der Waals surface area contributed by atoms with Crippen LogP contribution in [0.4, 0.5) is 40.3 Å². The standard InChI is InChI=1S/C32H23Cl2N7O10S3.Na/c1-15-6-8-17(52(44,45)11-10-33)13-21(15)38-32-40-30(34)39-31(41-32)37-20-9-7-16(12-23(20)53(46,47)48)36-22-14-24(54(49,50)51)27(35)26-25(22)28(42)18-4-2-3-5-19(18)29(26)43;/h2-14,36H,35H2,1H3,(H,46,47,48)(H,49,50,51)(H2,37,38,39,40,41);/q;+1/p-1/b11-10+;. The maximum atomic E-state index is 13.6.